The Hall–Kier alpha value is -4.67. The summed E-state index contributed by atoms with van der Waals surface area (Å²) in [6, 6.07) is 11.5. The van der Waals surface area contributed by atoms with Crippen LogP contribution in [0.4, 0.5) is 4.79 Å². The molecule has 0 saturated carbocycles. The SMILES string of the molecule is CCOC(=O)[C@@H](Cc1ccccn1)NC(=O)c1nc([C@H](CC(C)C)NC(=O)N2CCCCCC2)oc1-c1cn(C)c2ccccc12. The first-order valence-electron chi connectivity index (χ1n) is 16.2. The molecule has 0 spiro atoms. The Balaban J connectivity index is 1.54. The van der Waals surface area contributed by atoms with Crippen molar-refractivity contribution in [3.05, 3.63) is 72.1 Å². The molecule has 2 atom stereocenters. The lowest BCUT2D eigenvalue weighted by Gasteiger charge is -2.25. The summed E-state index contributed by atoms with van der Waals surface area (Å²) >= 11 is 0. The second-order valence-electron chi connectivity index (χ2n) is 12.2. The molecule has 0 radical (unpaired) electrons. The molecule has 4 aromatic rings. The molecule has 46 heavy (non-hydrogen) atoms. The Morgan fingerprint density at radius 2 is 1.74 bits per heavy atom. The van der Waals surface area contributed by atoms with Crippen LogP contribution < -0.4 is 10.6 Å². The average molecular weight is 629 g/mol. The number of fused-ring (bicyclic) bond motifs is 1. The molecular formula is C35H44N6O5. The lowest BCUT2D eigenvalue weighted by Crippen LogP contribution is -2.44. The summed E-state index contributed by atoms with van der Waals surface area (Å²) in [6.07, 6.45) is 8.39. The first-order valence-corrected chi connectivity index (χ1v) is 16.2. The number of hydrogen-bond donors (Lipinski definition) is 2. The van der Waals surface area contributed by atoms with Crippen molar-refractivity contribution < 1.29 is 23.5 Å². The van der Waals surface area contributed by atoms with Gasteiger partial charge in [-0.05, 0) is 50.3 Å². The third kappa shape index (κ3) is 7.75. The van der Waals surface area contributed by atoms with Crippen molar-refractivity contribution in [3.63, 3.8) is 0 Å². The molecule has 1 aliphatic heterocycles. The highest BCUT2D eigenvalue weighted by molar-refractivity contribution is 6.04. The van der Waals surface area contributed by atoms with E-state index in [2.05, 4.69) is 29.5 Å². The van der Waals surface area contributed by atoms with Gasteiger partial charge >= 0.3 is 12.0 Å². The van der Waals surface area contributed by atoms with E-state index in [-0.39, 0.29) is 42.3 Å². The predicted octanol–water partition coefficient (Wildman–Crippen LogP) is 5.81. The third-order valence-electron chi connectivity index (χ3n) is 8.21. The standard InChI is InChI=1S/C35H44N6O5/c1-5-45-34(43)28(21-24-14-10-11-17-36-24)37-32(42)30-31(26-22-40(4)29-16-9-8-15-25(26)29)46-33(39-30)27(20-23(2)3)38-35(44)41-18-12-6-7-13-19-41/h8-11,14-17,22-23,27-28H,5-7,12-13,18-21H2,1-4H3,(H,37,42)(H,38,44)/t27-,28+/m0/s1. The second-order valence-corrected chi connectivity index (χ2v) is 12.2. The minimum absolute atomic E-state index is 0.0273. The summed E-state index contributed by atoms with van der Waals surface area (Å²) in [5.41, 5.74) is 2.29. The van der Waals surface area contributed by atoms with Gasteiger partial charge in [0.05, 0.1) is 6.61 Å². The molecular weight excluding hydrogens is 584 g/mol. The van der Waals surface area contributed by atoms with E-state index >= 15 is 0 Å². The number of para-hydroxylation sites is 1. The lowest BCUT2D eigenvalue weighted by molar-refractivity contribution is -0.145. The number of aryl methyl sites for hydroxylation is 1. The fraction of sp³-hybridized carbons (Fsp3) is 0.457. The van der Waals surface area contributed by atoms with E-state index in [1.807, 2.05) is 53.0 Å². The van der Waals surface area contributed by atoms with E-state index < -0.39 is 24.0 Å². The largest absolute Gasteiger partial charge is 0.464 e. The number of rotatable bonds is 11. The maximum absolute atomic E-state index is 14.1. The summed E-state index contributed by atoms with van der Waals surface area (Å²) in [6.45, 7) is 7.41. The number of amides is 3. The lowest BCUT2D eigenvalue weighted by atomic mass is 10.0. The first-order chi connectivity index (χ1) is 22.2. The number of ether oxygens (including phenoxy) is 1. The van der Waals surface area contributed by atoms with Crippen LogP contribution in [0.3, 0.4) is 0 Å². The highest BCUT2D eigenvalue weighted by Gasteiger charge is 2.32. The van der Waals surface area contributed by atoms with Gasteiger partial charge in [0, 0.05) is 61.1 Å². The molecule has 1 saturated heterocycles. The molecule has 0 aliphatic carbocycles. The summed E-state index contributed by atoms with van der Waals surface area (Å²) in [7, 11) is 1.93. The minimum atomic E-state index is -1.00. The number of likely N-dealkylation sites (tertiary alicyclic amines) is 1. The number of nitrogens with zero attached hydrogens (tertiary/aromatic N) is 4. The van der Waals surface area contributed by atoms with Gasteiger partial charge in [-0.1, -0.05) is 51.0 Å². The Bertz CT molecular complexity index is 1640. The summed E-state index contributed by atoms with van der Waals surface area (Å²) < 4.78 is 13.7. The zero-order chi connectivity index (χ0) is 32.6. The molecule has 1 aliphatic rings. The van der Waals surface area contributed by atoms with Crippen molar-refractivity contribution in [2.75, 3.05) is 19.7 Å². The smallest absolute Gasteiger partial charge is 0.329 e. The third-order valence-corrected chi connectivity index (χ3v) is 8.21. The summed E-state index contributed by atoms with van der Waals surface area (Å²) in [5, 5.41) is 6.88. The average Bonchev–Trinajstić information content (AvgIpc) is 3.51. The van der Waals surface area contributed by atoms with Gasteiger partial charge in [-0.3, -0.25) is 9.78 Å². The molecule has 1 fully saturated rings. The number of pyridine rings is 1. The van der Waals surface area contributed by atoms with Gasteiger partial charge in [-0.2, -0.15) is 0 Å². The van der Waals surface area contributed by atoms with Crippen LogP contribution in [0.1, 0.15) is 81.0 Å². The molecule has 5 rings (SSSR count). The molecule has 11 nitrogen and oxygen atoms in total. The zero-order valence-corrected chi connectivity index (χ0v) is 27.1. The van der Waals surface area contributed by atoms with Crippen LogP contribution in [0.25, 0.3) is 22.2 Å². The highest BCUT2D eigenvalue weighted by atomic mass is 16.5. The van der Waals surface area contributed by atoms with Crippen molar-refractivity contribution in [3.8, 4) is 11.3 Å². The number of esters is 1. The monoisotopic (exact) mass is 628 g/mol. The number of hydrogen-bond acceptors (Lipinski definition) is 7. The van der Waals surface area contributed by atoms with Crippen LogP contribution in [0.2, 0.25) is 0 Å². The molecule has 3 aromatic heterocycles. The molecule has 2 N–H and O–H groups in total. The Morgan fingerprint density at radius 1 is 1.00 bits per heavy atom. The number of aromatic nitrogens is 3. The molecule has 0 bridgehead atoms. The molecule has 0 unspecified atom stereocenters. The van der Waals surface area contributed by atoms with Crippen LogP contribution in [0, 0.1) is 5.92 Å². The van der Waals surface area contributed by atoms with E-state index in [1.165, 1.54) is 0 Å². The van der Waals surface area contributed by atoms with Crippen LogP contribution in [-0.2, 0) is 23.0 Å². The molecule has 3 amide bonds. The number of urea groups is 1. The zero-order valence-electron chi connectivity index (χ0n) is 27.1. The fourth-order valence-corrected chi connectivity index (χ4v) is 5.94. The molecule has 4 heterocycles. The van der Waals surface area contributed by atoms with Crippen LogP contribution in [-0.4, -0.2) is 63.1 Å². The van der Waals surface area contributed by atoms with Gasteiger partial charge in [0.1, 0.15) is 12.1 Å². The maximum Gasteiger partial charge on any atom is 0.329 e. The van der Waals surface area contributed by atoms with Gasteiger partial charge in [0.2, 0.25) is 5.89 Å². The molecule has 1 aromatic carbocycles. The predicted molar refractivity (Wildman–Crippen MR) is 175 cm³/mol. The highest BCUT2D eigenvalue weighted by Crippen LogP contribution is 2.35. The Morgan fingerprint density at radius 3 is 2.43 bits per heavy atom. The number of carbonyl (C=O) groups excluding carboxylic acids is 3. The van der Waals surface area contributed by atoms with Crippen LogP contribution >= 0.6 is 0 Å². The normalized spacial score (nSPS) is 14.9. The summed E-state index contributed by atoms with van der Waals surface area (Å²) in [4.78, 5) is 51.5. The molecule has 244 valence electrons. The van der Waals surface area contributed by atoms with Crippen molar-refractivity contribution in [1.82, 2.24) is 30.1 Å². The van der Waals surface area contributed by atoms with E-state index in [0.717, 1.165) is 36.6 Å². The van der Waals surface area contributed by atoms with Crippen molar-refractivity contribution in [1.29, 1.82) is 0 Å². The van der Waals surface area contributed by atoms with Gasteiger partial charge in [0.25, 0.3) is 5.91 Å². The number of benzene rings is 1. The quantitative estimate of drug-likeness (QED) is 0.201. The number of oxazole rings is 1. The summed E-state index contributed by atoms with van der Waals surface area (Å²) in [5.74, 6) is -0.454. The Kier molecular flexibility index (Phi) is 10.7. The van der Waals surface area contributed by atoms with E-state index in [9.17, 15) is 14.4 Å². The first kappa shape index (κ1) is 32.7. The Labute approximate surface area is 269 Å². The molecule has 11 heteroatoms. The van der Waals surface area contributed by atoms with Crippen LogP contribution in [0.5, 0.6) is 0 Å². The number of nitrogens with one attached hydrogen (secondary N) is 2. The van der Waals surface area contributed by atoms with Gasteiger partial charge < -0.3 is 29.3 Å². The fourth-order valence-electron chi connectivity index (χ4n) is 5.94. The van der Waals surface area contributed by atoms with E-state index in [0.29, 0.717) is 30.8 Å². The van der Waals surface area contributed by atoms with Gasteiger partial charge in [-0.25, -0.2) is 14.6 Å². The topological polar surface area (TPSA) is 132 Å². The second kappa shape index (κ2) is 15.1. The number of carbonyl (C=O) groups is 3. The van der Waals surface area contributed by atoms with Crippen molar-refractivity contribution >= 4 is 28.8 Å². The minimum Gasteiger partial charge on any atom is -0.464 e. The van der Waals surface area contributed by atoms with Gasteiger partial charge in [0.15, 0.2) is 11.5 Å². The van der Waals surface area contributed by atoms with Crippen LogP contribution in [0.15, 0.2) is 59.3 Å². The van der Waals surface area contributed by atoms with Crippen molar-refractivity contribution in [2.24, 2.45) is 13.0 Å². The maximum atomic E-state index is 14.1. The van der Waals surface area contributed by atoms with E-state index in [4.69, 9.17) is 14.1 Å². The van der Waals surface area contributed by atoms with Gasteiger partial charge in [-0.15, -0.1) is 0 Å². The van der Waals surface area contributed by atoms with Crippen molar-refractivity contribution in [2.45, 2.75) is 71.4 Å². The van der Waals surface area contributed by atoms with E-state index in [1.54, 1.807) is 25.3 Å².